The van der Waals surface area contributed by atoms with Gasteiger partial charge in [-0.15, -0.1) is 11.3 Å². The molecule has 1 aromatic heterocycles. The summed E-state index contributed by atoms with van der Waals surface area (Å²) in [4.78, 5) is 37.2. The van der Waals surface area contributed by atoms with Crippen LogP contribution in [0.4, 0.5) is 0 Å². The summed E-state index contributed by atoms with van der Waals surface area (Å²) in [6, 6.07) is 9.99. The van der Waals surface area contributed by atoms with Gasteiger partial charge in [-0.05, 0) is 19.8 Å². The van der Waals surface area contributed by atoms with E-state index in [1.165, 1.54) is 24.2 Å². The second-order valence-electron chi connectivity index (χ2n) is 8.16. The molecular weight excluding hydrogens is 396 g/mol. The van der Waals surface area contributed by atoms with Crippen molar-refractivity contribution in [3.8, 4) is 10.6 Å². The molecule has 0 spiro atoms. The van der Waals surface area contributed by atoms with E-state index in [0.717, 1.165) is 60.2 Å². The van der Waals surface area contributed by atoms with Gasteiger partial charge in [0.25, 0.3) is 5.91 Å². The van der Waals surface area contributed by atoms with Crippen LogP contribution in [0.15, 0.2) is 30.3 Å². The second-order valence-corrected chi connectivity index (χ2v) is 9.16. The molecule has 2 aliphatic heterocycles. The Hall–Kier alpha value is -2.25. The summed E-state index contributed by atoms with van der Waals surface area (Å²) in [6.07, 6.45) is 4.70. The van der Waals surface area contributed by atoms with Crippen molar-refractivity contribution in [1.29, 1.82) is 0 Å². The number of hydrogen-bond donors (Lipinski definition) is 0. The number of rotatable bonds is 4. The summed E-state index contributed by atoms with van der Waals surface area (Å²) < 4.78 is 0. The fourth-order valence-electron chi connectivity index (χ4n) is 4.16. The molecule has 2 aliphatic rings. The summed E-state index contributed by atoms with van der Waals surface area (Å²) in [6.45, 7) is 6.97. The number of aromatic nitrogens is 1. The van der Waals surface area contributed by atoms with Gasteiger partial charge in [0.15, 0.2) is 0 Å². The Balaban J connectivity index is 1.32. The fourth-order valence-corrected chi connectivity index (χ4v) is 5.20. The van der Waals surface area contributed by atoms with Gasteiger partial charge in [-0.3, -0.25) is 14.5 Å². The number of carbonyl (C=O) groups excluding carboxylic acids is 2. The maximum atomic E-state index is 13.1. The quantitative estimate of drug-likeness (QED) is 0.753. The predicted octanol–water partition coefficient (Wildman–Crippen LogP) is 3.28. The van der Waals surface area contributed by atoms with E-state index in [1.54, 1.807) is 0 Å². The summed E-state index contributed by atoms with van der Waals surface area (Å²) in [5.74, 6) is 0.299. The fraction of sp³-hybridized carbons (Fsp3) is 0.522. The summed E-state index contributed by atoms with van der Waals surface area (Å²) in [7, 11) is 0. The normalized spacial score (nSPS) is 18.3. The van der Waals surface area contributed by atoms with E-state index >= 15 is 0 Å². The summed E-state index contributed by atoms with van der Waals surface area (Å²) >= 11 is 1.47. The third-order valence-corrected chi connectivity index (χ3v) is 7.18. The van der Waals surface area contributed by atoms with Crippen molar-refractivity contribution in [3.05, 3.63) is 40.9 Å². The largest absolute Gasteiger partial charge is 0.342 e. The zero-order valence-electron chi connectivity index (χ0n) is 17.7. The van der Waals surface area contributed by atoms with Gasteiger partial charge in [0, 0.05) is 44.8 Å². The molecule has 1 aromatic carbocycles. The maximum Gasteiger partial charge on any atom is 0.265 e. The standard InChI is InChI=1S/C23H30N4O2S/c1-18-21(30-22(24-18)19-9-5-4-6-10-19)23(29)27-15-13-25(14-16-27)17-20(28)26-11-7-2-3-8-12-26/h4-6,9-10H,2-3,7-8,11-17H2,1H3. The van der Waals surface area contributed by atoms with E-state index in [9.17, 15) is 9.59 Å². The molecule has 0 atom stereocenters. The van der Waals surface area contributed by atoms with Crippen LogP contribution in [0.3, 0.4) is 0 Å². The number of carbonyl (C=O) groups is 2. The van der Waals surface area contributed by atoms with Crippen LogP contribution in [0, 0.1) is 6.92 Å². The van der Waals surface area contributed by atoms with Crippen molar-refractivity contribution in [3.63, 3.8) is 0 Å². The van der Waals surface area contributed by atoms with Gasteiger partial charge in [0.05, 0.1) is 12.2 Å². The highest BCUT2D eigenvalue weighted by atomic mass is 32.1. The van der Waals surface area contributed by atoms with Gasteiger partial charge in [0.2, 0.25) is 5.91 Å². The molecule has 0 N–H and O–H groups in total. The highest BCUT2D eigenvalue weighted by Crippen LogP contribution is 2.29. The van der Waals surface area contributed by atoms with Gasteiger partial charge in [-0.2, -0.15) is 0 Å². The first-order valence-corrected chi connectivity index (χ1v) is 11.8. The molecule has 2 aromatic rings. The SMILES string of the molecule is Cc1nc(-c2ccccc2)sc1C(=O)N1CCN(CC(=O)N2CCCCCC2)CC1. The van der Waals surface area contributed by atoms with Crippen molar-refractivity contribution in [1.82, 2.24) is 19.7 Å². The molecule has 6 nitrogen and oxygen atoms in total. The lowest BCUT2D eigenvalue weighted by Gasteiger charge is -2.35. The second kappa shape index (κ2) is 9.71. The highest BCUT2D eigenvalue weighted by Gasteiger charge is 2.27. The molecule has 0 bridgehead atoms. The first kappa shape index (κ1) is 21.0. The van der Waals surface area contributed by atoms with Gasteiger partial charge in [-0.25, -0.2) is 4.98 Å². The number of likely N-dealkylation sites (tertiary alicyclic amines) is 1. The molecule has 3 heterocycles. The van der Waals surface area contributed by atoms with E-state index in [-0.39, 0.29) is 11.8 Å². The van der Waals surface area contributed by atoms with E-state index in [4.69, 9.17) is 0 Å². The number of benzene rings is 1. The van der Waals surface area contributed by atoms with Gasteiger partial charge in [-0.1, -0.05) is 43.2 Å². The third kappa shape index (κ3) is 4.90. The first-order chi connectivity index (χ1) is 14.6. The minimum Gasteiger partial charge on any atom is -0.342 e. The van der Waals surface area contributed by atoms with Gasteiger partial charge >= 0.3 is 0 Å². The number of aryl methyl sites for hydroxylation is 1. The van der Waals surface area contributed by atoms with Crippen LogP contribution in [-0.2, 0) is 4.79 Å². The molecule has 160 valence electrons. The molecule has 0 saturated carbocycles. The van der Waals surface area contributed by atoms with E-state index in [2.05, 4.69) is 9.88 Å². The molecule has 2 saturated heterocycles. The van der Waals surface area contributed by atoms with Crippen LogP contribution in [-0.4, -0.2) is 77.3 Å². The van der Waals surface area contributed by atoms with Crippen LogP contribution in [0.5, 0.6) is 0 Å². The van der Waals surface area contributed by atoms with Crippen molar-refractivity contribution in [2.24, 2.45) is 0 Å². The molecule has 7 heteroatoms. The number of nitrogens with zero attached hydrogens (tertiary/aromatic N) is 4. The first-order valence-electron chi connectivity index (χ1n) is 10.9. The third-order valence-electron chi connectivity index (χ3n) is 5.99. The molecular formula is C23H30N4O2S. The lowest BCUT2D eigenvalue weighted by atomic mass is 10.2. The minimum absolute atomic E-state index is 0.0608. The van der Waals surface area contributed by atoms with Crippen molar-refractivity contribution < 1.29 is 9.59 Å². The van der Waals surface area contributed by atoms with Gasteiger partial charge in [0.1, 0.15) is 9.88 Å². The van der Waals surface area contributed by atoms with Crippen LogP contribution in [0.25, 0.3) is 10.6 Å². The molecule has 0 unspecified atom stereocenters. The number of thiazole rings is 1. The zero-order valence-corrected chi connectivity index (χ0v) is 18.5. The average molecular weight is 427 g/mol. The van der Waals surface area contributed by atoms with Crippen molar-refractivity contribution >= 4 is 23.2 Å². The Morgan fingerprint density at radius 3 is 2.23 bits per heavy atom. The van der Waals surface area contributed by atoms with Crippen molar-refractivity contribution in [2.75, 3.05) is 45.8 Å². The van der Waals surface area contributed by atoms with Gasteiger partial charge < -0.3 is 9.80 Å². The van der Waals surface area contributed by atoms with Crippen LogP contribution < -0.4 is 0 Å². The average Bonchev–Trinajstić information content (AvgIpc) is 2.98. The molecule has 0 radical (unpaired) electrons. The Morgan fingerprint density at radius 1 is 0.900 bits per heavy atom. The number of hydrogen-bond acceptors (Lipinski definition) is 5. The summed E-state index contributed by atoms with van der Waals surface area (Å²) in [5, 5.41) is 0.887. The highest BCUT2D eigenvalue weighted by molar-refractivity contribution is 7.17. The molecule has 30 heavy (non-hydrogen) atoms. The predicted molar refractivity (Wildman–Crippen MR) is 120 cm³/mol. The van der Waals surface area contributed by atoms with Crippen LogP contribution in [0.1, 0.15) is 41.0 Å². The molecule has 2 fully saturated rings. The molecule has 4 rings (SSSR count). The summed E-state index contributed by atoms with van der Waals surface area (Å²) in [5.41, 5.74) is 1.84. The Bertz CT molecular complexity index is 867. The minimum atomic E-state index is 0.0608. The van der Waals surface area contributed by atoms with E-state index in [0.29, 0.717) is 19.6 Å². The zero-order chi connectivity index (χ0) is 20.9. The van der Waals surface area contributed by atoms with Crippen molar-refractivity contribution in [2.45, 2.75) is 32.6 Å². The topological polar surface area (TPSA) is 56.8 Å². The smallest absolute Gasteiger partial charge is 0.265 e. The molecule has 0 aliphatic carbocycles. The number of amides is 2. The Morgan fingerprint density at radius 2 is 1.57 bits per heavy atom. The van der Waals surface area contributed by atoms with Crippen LogP contribution in [0.2, 0.25) is 0 Å². The maximum absolute atomic E-state index is 13.1. The monoisotopic (exact) mass is 426 g/mol. The van der Waals surface area contributed by atoms with Crippen LogP contribution >= 0.6 is 11.3 Å². The molecule has 2 amide bonds. The lowest BCUT2D eigenvalue weighted by molar-refractivity contribution is -0.132. The lowest BCUT2D eigenvalue weighted by Crippen LogP contribution is -2.51. The number of piperazine rings is 1. The Kier molecular flexibility index (Phi) is 6.79. The Labute approximate surface area is 182 Å². The van der Waals surface area contributed by atoms with E-state index < -0.39 is 0 Å². The van der Waals surface area contributed by atoms with E-state index in [1.807, 2.05) is 47.1 Å².